The molecule has 1 aliphatic rings. The highest BCUT2D eigenvalue weighted by Gasteiger charge is 2.16. The Labute approximate surface area is 123 Å². The second kappa shape index (κ2) is 5.98. The standard InChI is InChI=1S/C16H18N4O/c17-9-4-7-13-5-3-6-14(11-13)12-20-16(21)19-10-2-1-8-15(19)18-20/h3,5-6,11H,1-2,8-10,12,17H2. The molecule has 0 unspecified atom stereocenters. The summed E-state index contributed by atoms with van der Waals surface area (Å²) in [7, 11) is 0. The minimum absolute atomic E-state index is 0.0110. The van der Waals surface area contributed by atoms with Gasteiger partial charge in [0.1, 0.15) is 5.82 Å². The van der Waals surface area contributed by atoms with Crippen LogP contribution in [0.5, 0.6) is 0 Å². The third-order valence-electron chi connectivity index (χ3n) is 3.63. The van der Waals surface area contributed by atoms with E-state index in [4.69, 9.17) is 5.73 Å². The summed E-state index contributed by atoms with van der Waals surface area (Å²) in [5.74, 6) is 6.75. The molecular formula is C16H18N4O. The molecule has 1 aromatic carbocycles. The smallest absolute Gasteiger partial charge is 0.320 e. The van der Waals surface area contributed by atoms with Gasteiger partial charge in [0.15, 0.2) is 0 Å². The van der Waals surface area contributed by atoms with Crippen LogP contribution in [-0.4, -0.2) is 20.9 Å². The maximum Gasteiger partial charge on any atom is 0.346 e. The highest BCUT2D eigenvalue weighted by molar-refractivity contribution is 5.37. The SMILES string of the molecule is NCC#Cc1cccc(Cn2nc3n(c2=O)CCCC3)c1. The second-order valence-electron chi connectivity index (χ2n) is 5.17. The number of benzene rings is 1. The fraction of sp³-hybridized carbons (Fsp3) is 0.375. The number of aryl methyl sites for hydroxylation is 1. The van der Waals surface area contributed by atoms with Crippen LogP contribution < -0.4 is 11.4 Å². The Hall–Kier alpha value is -2.32. The molecular weight excluding hydrogens is 264 g/mol. The van der Waals surface area contributed by atoms with Gasteiger partial charge in [-0.05, 0) is 30.5 Å². The Morgan fingerprint density at radius 2 is 2.24 bits per heavy atom. The van der Waals surface area contributed by atoms with Gasteiger partial charge in [-0.2, -0.15) is 5.10 Å². The average Bonchev–Trinajstić information content (AvgIpc) is 2.82. The van der Waals surface area contributed by atoms with Crippen LogP contribution in [0.4, 0.5) is 0 Å². The van der Waals surface area contributed by atoms with E-state index in [2.05, 4.69) is 16.9 Å². The average molecular weight is 282 g/mol. The molecule has 0 atom stereocenters. The number of hydrogen-bond donors (Lipinski definition) is 1. The number of rotatable bonds is 2. The molecule has 0 radical (unpaired) electrons. The van der Waals surface area contributed by atoms with Gasteiger partial charge < -0.3 is 5.73 Å². The van der Waals surface area contributed by atoms with Crippen molar-refractivity contribution in [3.63, 3.8) is 0 Å². The van der Waals surface area contributed by atoms with Crippen LogP contribution in [0.1, 0.15) is 29.8 Å². The fourth-order valence-electron chi connectivity index (χ4n) is 2.62. The molecule has 1 aromatic heterocycles. The van der Waals surface area contributed by atoms with E-state index in [1.54, 1.807) is 9.25 Å². The first-order valence-corrected chi connectivity index (χ1v) is 7.22. The first kappa shape index (κ1) is 13.7. The van der Waals surface area contributed by atoms with E-state index in [-0.39, 0.29) is 5.69 Å². The highest BCUT2D eigenvalue weighted by atomic mass is 16.2. The summed E-state index contributed by atoms with van der Waals surface area (Å²) in [6, 6.07) is 7.84. The van der Waals surface area contributed by atoms with Gasteiger partial charge in [-0.25, -0.2) is 9.48 Å². The molecule has 5 nitrogen and oxygen atoms in total. The predicted molar refractivity (Wildman–Crippen MR) is 80.9 cm³/mol. The summed E-state index contributed by atoms with van der Waals surface area (Å²) in [6.07, 6.45) is 3.06. The van der Waals surface area contributed by atoms with Crippen molar-refractivity contribution in [2.45, 2.75) is 32.4 Å². The highest BCUT2D eigenvalue weighted by Crippen LogP contribution is 2.10. The normalized spacial score (nSPS) is 13.4. The molecule has 0 saturated heterocycles. The number of fused-ring (bicyclic) bond motifs is 1. The Bertz CT molecular complexity index is 761. The molecule has 0 saturated carbocycles. The third kappa shape index (κ3) is 2.91. The lowest BCUT2D eigenvalue weighted by atomic mass is 10.1. The zero-order chi connectivity index (χ0) is 14.7. The second-order valence-corrected chi connectivity index (χ2v) is 5.17. The van der Waals surface area contributed by atoms with Crippen LogP contribution in [0.2, 0.25) is 0 Å². The largest absolute Gasteiger partial charge is 0.346 e. The molecule has 1 aliphatic heterocycles. The monoisotopic (exact) mass is 282 g/mol. The van der Waals surface area contributed by atoms with Crippen molar-refractivity contribution in [3.05, 3.63) is 51.7 Å². The lowest BCUT2D eigenvalue weighted by Gasteiger charge is -2.09. The van der Waals surface area contributed by atoms with Crippen LogP contribution in [0.25, 0.3) is 0 Å². The number of aromatic nitrogens is 3. The molecule has 5 heteroatoms. The molecule has 2 aromatic rings. The van der Waals surface area contributed by atoms with Gasteiger partial charge in [0.2, 0.25) is 0 Å². The Morgan fingerprint density at radius 1 is 1.33 bits per heavy atom. The van der Waals surface area contributed by atoms with Crippen LogP contribution in [-0.2, 0) is 19.5 Å². The van der Waals surface area contributed by atoms with E-state index in [9.17, 15) is 4.79 Å². The van der Waals surface area contributed by atoms with E-state index >= 15 is 0 Å². The van der Waals surface area contributed by atoms with E-state index in [0.29, 0.717) is 13.1 Å². The summed E-state index contributed by atoms with van der Waals surface area (Å²) in [4.78, 5) is 12.3. The summed E-state index contributed by atoms with van der Waals surface area (Å²) >= 11 is 0. The van der Waals surface area contributed by atoms with Crippen molar-refractivity contribution >= 4 is 0 Å². The lowest BCUT2D eigenvalue weighted by molar-refractivity contribution is 0.511. The van der Waals surface area contributed by atoms with Crippen LogP contribution in [0, 0.1) is 11.8 Å². The summed E-state index contributed by atoms with van der Waals surface area (Å²) in [6.45, 7) is 1.62. The summed E-state index contributed by atoms with van der Waals surface area (Å²) in [5, 5.41) is 4.45. The van der Waals surface area contributed by atoms with Crippen molar-refractivity contribution in [1.82, 2.24) is 14.3 Å². The van der Waals surface area contributed by atoms with Gasteiger partial charge in [-0.1, -0.05) is 24.0 Å². The van der Waals surface area contributed by atoms with Gasteiger partial charge in [-0.15, -0.1) is 0 Å². The Balaban J connectivity index is 1.87. The van der Waals surface area contributed by atoms with Gasteiger partial charge in [0.05, 0.1) is 13.1 Å². The minimum Gasteiger partial charge on any atom is -0.320 e. The van der Waals surface area contributed by atoms with Crippen molar-refractivity contribution in [3.8, 4) is 11.8 Å². The molecule has 0 bridgehead atoms. The Morgan fingerprint density at radius 3 is 3.05 bits per heavy atom. The summed E-state index contributed by atoms with van der Waals surface area (Å²) < 4.78 is 3.34. The van der Waals surface area contributed by atoms with Gasteiger partial charge >= 0.3 is 5.69 Å². The number of nitrogens with two attached hydrogens (primary N) is 1. The predicted octanol–water partition coefficient (Wildman–Crippen LogP) is 0.740. The maximum atomic E-state index is 12.3. The molecule has 0 amide bonds. The zero-order valence-corrected chi connectivity index (χ0v) is 11.9. The molecule has 0 fully saturated rings. The first-order chi connectivity index (χ1) is 10.3. The number of nitrogens with zero attached hydrogens (tertiary/aromatic N) is 3. The molecule has 108 valence electrons. The molecule has 0 spiro atoms. The molecule has 3 rings (SSSR count). The van der Waals surface area contributed by atoms with E-state index in [1.807, 2.05) is 24.3 Å². The van der Waals surface area contributed by atoms with Crippen LogP contribution in [0.3, 0.4) is 0 Å². The van der Waals surface area contributed by atoms with Crippen molar-refractivity contribution in [2.75, 3.05) is 6.54 Å². The van der Waals surface area contributed by atoms with E-state index < -0.39 is 0 Å². The summed E-state index contributed by atoms with van der Waals surface area (Å²) in [5.41, 5.74) is 7.31. The van der Waals surface area contributed by atoms with E-state index in [0.717, 1.165) is 42.8 Å². The number of hydrogen-bond acceptors (Lipinski definition) is 3. The molecule has 0 aliphatic carbocycles. The Kier molecular flexibility index (Phi) is 3.89. The van der Waals surface area contributed by atoms with Gasteiger partial charge in [0, 0.05) is 18.5 Å². The maximum absolute atomic E-state index is 12.3. The van der Waals surface area contributed by atoms with Crippen molar-refractivity contribution in [1.29, 1.82) is 0 Å². The third-order valence-corrected chi connectivity index (χ3v) is 3.63. The van der Waals surface area contributed by atoms with Gasteiger partial charge in [0.25, 0.3) is 0 Å². The quantitative estimate of drug-likeness (QED) is 0.826. The van der Waals surface area contributed by atoms with Gasteiger partial charge in [-0.3, -0.25) is 4.57 Å². The van der Waals surface area contributed by atoms with Crippen LogP contribution >= 0.6 is 0 Å². The topological polar surface area (TPSA) is 65.8 Å². The zero-order valence-electron chi connectivity index (χ0n) is 11.9. The molecule has 2 heterocycles. The minimum atomic E-state index is -0.0110. The molecule has 21 heavy (non-hydrogen) atoms. The first-order valence-electron chi connectivity index (χ1n) is 7.22. The molecule has 2 N–H and O–H groups in total. The fourth-order valence-corrected chi connectivity index (χ4v) is 2.62. The lowest BCUT2D eigenvalue weighted by Crippen LogP contribution is -2.27. The van der Waals surface area contributed by atoms with E-state index in [1.165, 1.54) is 0 Å². The van der Waals surface area contributed by atoms with Crippen LogP contribution in [0.15, 0.2) is 29.1 Å². The van der Waals surface area contributed by atoms with Crippen molar-refractivity contribution < 1.29 is 0 Å². The van der Waals surface area contributed by atoms with Crippen molar-refractivity contribution in [2.24, 2.45) is 5.73 Å².